The van der Waals surface area contributed by atoms with Crippen LogP contribution in [0.25, 0.3) is 0 Å². The highest BCUT2D eigenvalue weighted by molar-refractivity contribution is 5.88. The fraction of sp³-hybridized carbons (Fsp3) is 0.321. The summed E-state index contributed by atoms with van der Waals surface area (Å²) in [6.45, 7) is 11.5. The Morgan fingerprint density at radius 2 is 0.735 bits per heavy atom. The van der Waals surface area contributed by atoms with Crippen LogP contribution in [0.3, 0.4) is 0 Å². The van der Waals surface area contributed by atoms with E-state index in [1.165, 1.54) is 24.3 Å². The Hall–Kier alpha value is -6.82. The van der Waals surface area contributed by atoms with Gasteiger partial charge in [-0.05, 0) is 157 Å². The van der Waals surface area contributed by atoms with Crippen LogP contribution in [0.1, 0.15) is 122 Å². The van der Waals surface area contributed by atoms with Gasteiger partial charge in [0.25, 0.3) is 0 Å². The summed E-state index contributed by atoms with van der Waals surface area (Å²) in [7, 11) is 0. The fourth-order valence-electron chi connectivity index (χ4n) is 10.6. The van der Waals surface area contributed by atoms with E-state index in [-0.39, 0.29) is 60.2 Å². The molecule has 2 amide bonds. The number of carbonyl (C=O) groups is 2. The van der Waals surface area contributed by atoms with Crippen LogP contribution in [-0.2, 0) is 9.47 Å². The van der Waals surface area contributed by atoms with E-state index >= 15 is 0 Å². The van der Waals surface area contributed by atoms with Crippen molar-refractivity contribution in [1.82, 2.24) is 0 Å². The average molecular weight is 927 g/mol. The number of hydrogen-bond acceptors (Lipinski definition) is 6. The molecule has 4 heterocycles. The number of anilines is 4. The molecule has 0 radical (unpaired) electrons. The molecule has 4 atom stereocenters. The second-order valence-corrected chi connectivity index (χ2v) is 17.3. The Balaban J connectivity index is 0.000000177. The molecular weight excluding hydrogens is 869 g/mol. The lowest BCUT2D eigenvalue weighted by atomic mass is 9.76. The predicted octanol–water partition coefficient (Wildman–Crippen LogP) is 13.8. The van der Waals surface area contributed by atoms with E-state index in [1.54, 1.807) is 62.4 Å². The van der Waals surface area contributed by atoms with Gasteiger partial charge in [-0.25, -0.2) is 27.2 Å². The fourth-order valence-corrected chi connectivity index (χ4v) is 10.6. The zero-order valence-corrected chi connectivity index (χ0v) is 39.0. The first-order valence-electron chi connectivity index (χ1n) is 23.8. The van der Waals surface area contributed by atoms with Gasteiger partial charge in [0.05, 0.1) is 13.2 Å². The first-order valence-corrected chi connectivity index (χ1v) is 23.8. The summed E-state index contributed by atoms with van der Waals surface area (Å²) >= 11 is 0. The van der Waals surface area contributed by atoms with Crippen LogP contribution in [0.15, 0.2) is 121 Å². The largest absolute Gasteiger partial charge is 0.450 e. The minimum Gasteiger partial charge on any atom is -0.450 e. The van der Waals surface area contributed by atoms with Crippen LogP contribution in [0.4, 0.5) is 49.9 Å². The van der Waals surface area contributed by atoms with Crippen molar-refractivity contribution >= 4 is 34.9 Å². The van der Waals surface area contributed by atoms with Gasteiger partial charge in [0, 0.05) is 72.6 Å². The first-order chi connectivity index (χ1) is 33.1. The Labute approximate surface area is 396 Å². The van der Waals surface area contributed by atoms with Crippen LogP contribution in [0.2, 0.25) is 0 Å². The maximum absolute atomic E-state index is 14.1. The number of halogens is 4. The zero-order chi connectivity index (χ0) is 47.9. The number of ether oxygens (including phenoxy) is 2. The van der Waals surface area contributed by atoms with E-state index in [4.69, 9.17) is 9.47 Å². The SMILES string of the molecule is CC.CCOC(=O)Nc1cc2c3c(c1)C(c1cccc(F)c1)CCN3CCC2c1cccc(F)c1.CCOC(=O)Nc1cc2c3c(c1)C(c1cccc(F)c1)CCN3CCC2c1cccc(F)c1. The Morgan fingerprint density at radius 1 is 0.471 bits per heavy atom. The predicted molar refractivity (Wildman–Crippen MR) is 261 cm³/mol. The highest BCUT2D eigenvalue weighted by Gasteiger charge is 2.37. The van der Waals surface area contributed by atoms with Crippen molar-refractivity contribution in [3.8, 4) is 0 Å². The third-order valence-electron chi connectivity index (χ3n) is 13.3. The summed E-state index contributed by atoms with van der Waals surface area (Å²) in [6.07, 6.45) is 2.37. The van der Waals surface area contributed by atoms with E-state index in [9.17, 15) is 27.2 Å². The summed E-state index contributed by atoms with van der Waals surface area (Å²) in [4.78, 5) is 29.1. The third-order valence-corrected chi connectivity index (χ3v) is 13.3. The van der Waals surface area contributed by atoms with Gasteiger partial charge in [0.2, 0.25) is 0 Å². The lowest BCUT2D eigenvalue weighted by Gasteiger charge is -2.43. The summed E-state index contributed by atoms with van der Waals surface area (Å²) in [5, 5.41) is 5.69. The molecule has 12 heteroatoms. The van der Waals surface area contributed by atoms with E-state index in [2.05, 4.69) is 20.4 Å². The molecule has 4 unspecified atom stereocenters. The van der Waals surface area contributed by atoms with E-state index < -0.39 is 12.2 Å². The normalized spacial score (nSPS) is 18.6. The van der Waals surface area contributed by atoms with Crippen LogP contribution in [0.5, 0.6) is 0 Å². The van der Waals surface area contributed by atoms with Gasteiger partial charge in [-0.15, -0.1) is 0 Å². The van der Waals surface area contributed by atoms with Gasteiger partial charge in [0.1, 0.15) is 23.3 Å². The summed E-state index contributed by atoms with van der Waals surface area (Å²) in [5.41, 5.74) is 11.4. The molecule has 0 bridgehead atoms. The topological polar surface area (TPSA) is 83.1 Å². The third kappa shape index (κ3) is 10.3. The van der Waals surface area contributed by atoms with Crippen molar-refractivity contribution in [2.75, 3.05) is 59.8 Å². The average Bonchev–Trinajstić information content (AvgIpc) is 3.33. The number of carbonyl (C=O) groups excluding carboxylic acids is 2. The second-order valence-electron chi connectivity index (χ2n) is 17.3. The van der Waals surface area contributed by atoms with Crippen LogP contribution >= 0.6 is 0 Å². The molecule has 0 spiro atoms. The highest BCUT2D eigenvalue weighted by atomic mass is 19.1. The van der Waals surface area contributed by atoms with E-state index in [0.717, 1.165) is 108 Å². The molecule has 0 aromatic heterocycles. The molecule has 10 rings (SSSR count). The van der Waals surface area contributed by atoms with E-state index in [1.807, 2.05) is 62.4 Å². The van der Waals surface area contributed by atoms with Gasteiger partial charge in [-0.3, -0.25) is 10.6 Å². The lowest BCUT2D eigenvalue weighted by Crippen LogP contribution is -2.37. The van der Waals surface area contributed by atoms with Crippen molar-refractivity contribution in [2.24, 2.45) is 0 Å². The Kier molecular flexibility index (Phi) is 15.0. The second kappa shape index (κ2) is 21.4. The Morgan fingerprint density at radius 3 is 0.971 bits per heavy atom. The minimum absolute atomic E-state index is 0.000838. The molecule has 354 valence electrons. The van der Waals surface area contributed by atoms with Crippen molar-refractivity contribution in [1.29, 1.82) is 0 Å². The number of hydrogen-bond donors (Lipinski definition) is 2. The zero-order valence-electron chi connectivity index (χ0n) is 39.0. The smallest absolute Gasteiger partial charge is 0.411 e. The maximum Gasteiger partial charge on any atom is 0.411 e. The summed E-state index contributed by atoms with van der Waals surface area (Å²) < 4.78 is 66.5. The van der Waals surface area contributed by atoms with Crippen LogP contribution in [-0.4, -0.2) is 51.6 Å². The molecule has 68 heavy (non-hydrogen) atoms. The quantitative estimate of drug-likeness (QED) is 0.148. The molecule has 0 saturated heterocycles. The Bertz CT molecular complexity index is 2420. The molecule has 6 aromatic rings. The monoisotopic (exact) mass is 926 g/mol. The molecule has 0 fully saturated rings. The van der Waals surface area contributed by atoms with Gasteiger partial charge >= 0.3 is 12.2 Å². The summed E-state index contributed by atoms with van der Waals surface area (Å²) in [5.74, 6) is -1.04. The van der Waals surface area contributed by atoms with Crippen LogP contribution in [0, 0.1) is 23.3 Å². The molecule has 0 saturated carbocycles. The van der Waals surface area contributed by atoms with Crippen LogP contribution < -0.4 is 20.4 Å². The molecular formula is C56H58F4N4O4. The number of nitrogens with one attached hydrogen (secondary N) is 2. The minimum atomic E-state index is -0.516. The van der Waals surface area contributed by atoms with Gasteiger partial charge in [-0.1, -0.05) is 62.4 Å². The standard InChI is InChI=1S/2C27H26F2N2O2.C2H6/c2*1-2-33-27(32)30-21-15-24-22(17-5-3-7-19(28)13-17)9-11-31-12-10-23(25(16-21)26(24)31)18-6-4-8-20(29)14-18;1-2/h2*3-8,13-16,22-23H,2,9-12H2,1H3,(H,30,32);1-2H3. The number of benzene rings is 6. The number of rotatable bonds is 8. The molecule has 0 aliphatic carbocycles. The molecule has 6 aromatic carbocycles. The first kappa shape index (κ1) is 47.7. The van der Waals surface area contributed by atoms with Gasteiger partial charge in [-0.2, -0.15) is 0 Å². The molecule has 8 nitrogen and oxygen atoms in total. The van der Waals surface area contributed by atoms with Crippen molar-refractivity contribution in [3.05, 3.63) is 189 Å². The lowest BCUT2D eigenvalue weighted by molar-refractivity contribution is 0.167. The van der Waals surface area contributed by atoms with Crippen molar-refractivity contribution in [2.45, 2.75) is 77.0 Å². The summed E-state index contributed by atoms with van der Waals surface area (Å²) in [6, 6.07) is 34.8. The van der Waals surface area contributed by atoms with Gasteiger partial charge < -0.3 is 19.3 Å². The van der Waals surface area contributed by atoms with Crippen molar-refractivity contribution in [3.63, 3.8) is 0 Å². The van der Waals surface area contributed by atoms with Gasteiger partial charge in [0.15, 0.2) is 0 Å². The molecule has 4 aliphatic heterocycles. The molecule has 4 aliphatic rings. The van der Waals surface area contributed by atoms with Crippen molar-refractivity contribution < 1.29 is 36.6 Å². The maximum atomic E-state index is 14.1. The highest BCUT2D eigenvalue weighted by Crippen LogP contribution is 2.51. The van der Waals surface area contributed by atoms with E-state index in [0.29, 0.717) is 11.4 Å². The molecule has 2 N–H and O–H groups in total. The number of amides is 2. The number of nitrogens with zero attached hydrogens (tertiary/aromatic N) is 2.